The van der Waals surface area contributed by atoms with E-state index in [0.717, 1.165) is 0 Å². The fourth-order valence-electron chi connectivity index (χ4n) is 8.28. The van der Waals surface area contributed by atoms with E-state index in [1.807, 2.05) is 0 Å². The van der Waals surface area contributed by atoms with Crippen LogP contribution in [-0.4, -0.2) is 7.38 Å². The Balaban J connectivity index is 4.07. The van der Waals surface area contributed by atoms with Crippen LogP contribution in [0.1, 0.15) is 290 Å². The summed E-state index contributed by atoms with van der Waals surface area (Å²) in [7, 11) is -1.59. The summed E-state index contributed by atoms with van der Waals surface area (Å²) >= 11 is 7.63. The molecule has 0 saturated heterocycles. The molecule has 0 N–H and O–H groups in total. The summed E-state index contributed by atoms with van der Waals surface area (Å²) in [5.41, 5.74) is 0. The second-order valence-corrected chi connectivity index (χ2v) is 23.4. The van der Waals surface area contributed by atoms with E-state index in [9.17, 15) is 0 Å². The van der Waals surface area contributed by atoms with Gasteiger partial charge in [0, 0.05) is 0 Å². The normalized spacial score (nSPS) is 12.0. The summed E-state index contributed by atoms with van der Waals surface area (Å²) < 4.78 is 0. The van der Waals surface area contributed by atoms with Crippen molar-refractivity contribution in [2.45, 2.75) is 309 Å². The first kappa shape index (κ1) is 50.5. The standard InChI is InChI=1S/C48H99ClSi/c1-4-7-10-13-16-19-22-25-28-31-34-37-40-43-46-50(49,47-44-41-38-35-32-29-26-23-20-17-14-11-8-5-2)48-45-42-39-36-33-30-27-24-21-18-15-12-9-6-3/h4-48H2,1-3H3. The monoisotopic (exact) mass is 739 g/mol. The third kappa shape index (κ3) is 41.3. The summed E-state index contributed by atoms with van der Waals surface area (Å²) in [5, 5.41) is 0. The zero-order valence-electron chi connectivity index (χ0n) is 35.7. The van der Waals surface area contributed by atoms with Crippen molar-refractivity contribution in [2.24, 2.45) is 0 Å². The Bertz CT molecular complexity index is 512. The summed E-state index contributed by atoms with van der Waals surface area (Å²) in [6.45, 7) is 6.95. The molecule has 0 nitrogen and oxygen atoms in total. The number of hydrogen-bond donors (Lipinski definition) is 0. The first-order valence-electron chi connectivity index (χ1n) is 24.4. The molecule has 0 aromatic rings. The molecule has 0 radical (unpaired) electrons. The average Bonchev–Trinajstić information content (AvgIpc) is 3.12. The Morgan fingerprint density at radius 2 is 0.320 bits per heavy atom. The highest BCUT2D eigenvalue weighted by Crippen LogP contribution is 2.33. The first-order valence-corrected chi connectivity index (χ1v) is 28.0. The van der Waals surface area contributed by atoms with Gasteiger partial charge in [-0.3, -0.25) is 0 Å². The van der Waals surface area contributed by atoms with Gasteiger partial charge >= 0.3 is 0 Å². The molecule has 0 aliphatic heterocycles. The fraction of sp³-hybridized carbons (Fsp3) is 1.00. The van der Waals surface area contributed by atoms with Gasteiger partial charge in [-0.1, -0.05) is 290 Å². The van der Waals surface area contributed by atoms with Crippen LogP contribution >= 0.6 is 11.1 Å². The molecule has 2 heteroatoms. The summed E-state index contributed by atoms with van der Waals surface area (Å²) in [6.07, 6.45) is 61.1. The van der Waals surface area contributed by atoms with E-state index < -0.39 is 7.38 Å². The Kier molecular flexibility index (Phi) is 44.4. The molecule has 0 aliphatic rings. The zero-order valence-corrected chi connectivity index (χ0v) is 37.5. The van der Waals surface area contributed by atoms with Crippen molar-refractivity contribution in [3.63, 3.8) is 0 Å². The minimum absolute atomic E-state index is 1.37. The highest BCUT2D eigenvalue weighted by Gasteiger charge is 2.29. The largest absolute Gasteiger partial charge is 0.167 e. The first-order chi connectivity index (χ1) is 24.7. The van der Waals surface area contributed by atoms with Crippen LogP contribution in [0.4, 0.5) is 0 Å². The number of unbranched alkanes of at least 4 members (excludes halogenated alkanes) is 39. The van der Waals surface area contributed by atoms with Gasteiger partial charge in [0.25, 0.3) is 0 Å². The third-order valence-electron chi connectivity index (χ3n) is 11.9. The molecule has 0 atom stereocenters. The lowest BCUT2D eigenvalue weighted by Gasteiger charge is -2.25. The highest BCUT2D eigenvalue weighted by molar-refractivity contribution is 7.20. The quantitative estimate of drug-likeness (QED) is 0.0331. The molecule has 0 aliphatic carbocycles. The second-order valence-electron chi connectivity index (χ2n) is 17.2. The maximum absolute atomic E-state index is 7.63. The number of rotatable bonds is 45. The average molecular weight is 740 g/mol. The molecule has 0 amide bonds. The van der Waals surface area contributed by atoms with Gasteiger partial charge in [-0.2, -0.15) is 11.1 Å². The third-order valence-corrected chi connectivity index (χ3v) is 17.4. The maximum Gasteiger partial charge on any atom is 0.156 e. The molecule has 0 rings (SSSR count). The van der Waals surface area contributed by atoms with Crippen molar-refractivity contribution in [3.05, 3.63) is 0 Å². The zero-order chi connectivity index (χ0) is 36.3. The van der Waals surface area contributed by atoms with E-state index in [0.29, 0.717) is 0 Å². The Labute approximate surface area is 325 Å². The molecule has 0 heterocycles. The van der Waals surface area contributed by atoms with E-state index in [1.54, 1.807) is 0 Å². The minimum atomic E-state index is -1.59. The van der Waals surface area contributed by atoms with Crippen LogP contribution in [0.15, 0.2) is 0 Å². The summed E-state index contributed by atoms with van der Waals surface area (Å²) in [5.74, 6) is 0. The van der Waals surface area contributed by atoms with E-state index in [2.05, 4.69) is 20.8 Å². The van der Waals surface area contributed by atoms with Crippen LogP contribution in [0.25, 0.3) is 0 Å². The van der Waals surface area contributed by atoms with Crippen molar-refractivity contribution in [3.8, 4) is 0 Å². The molecule has 0 bridgehead atoms. The van der Waals surface area contributed by atoms with Crippen LogP contribution in [0.3, 0.4) is 0 Å². The van der Waals surface area contributed by atoms with Gasteiger partial charge < -0.3 is 0 Å². The summed E-state index contributed by atoms with van der Waals surface area (Å²) in [4.78, 5) is 0. The van der Waals surface area contributed by atoms with Crippen molar-refractivity contribution in [1.29, 1.82) is 0 Å². The maximum atomic E-state index is 7.63. The lowest BCUT2D eigenvalue weighted by Crippen LogP contribution is -2.26. The van der Waals surface area contributed by atoms with Crippen LogP contribution in [0.2, 0.25) is 18.1 Å². The molecule has 0 aromatic heterocycles. The molecule has 0 fully saturated rings. The van der Waals surface area contributed by atoms with Gasteiger partial charge in [-0.05, 0) is 18.1 Å². The van der Waals surface area contributed by atoms with Gasteiger partial charge in [0.15, 0.2) is 7.38 Å². The molecule has 0 unspecified atom stereocenters. The highest BCUT2D eigenvalue weighted by atomic mass is 35.6. The van der Waals surface area contributed by atoms with E-state index in [1.165, 1.54) is 288 Å². The summed E-state index contributed by atoms with van der Waals surface area (Å²) in [6, 6.07) is 4.22. The van der Waals surface area contributed by atoms with Gasteiger partial charge in [-0.25, -0.2) is 0 Å². The van der Waals surface area contributed by atoms with Crippen LogP contribution in [0.5, 0.6) is 0 Å². The van der Waals surface area contributed by atoms with Crippen LogP contribution in [-0.2, 0) is 0 Å². The predicted molar refractivity (Wildman–Crippen MR) is 237 cm³/mol. The van der Waals surface area contributed by atoms with Gasteiger partial charge in [0.1, 0.15) is 0 Å². The SMILES string of the molecule is CCCCCCCCCCCCCCCC[Si](Cl)(CCCCCCCCCCCCCCCC)CCCCCCCCCCCCCCCC. The lowest BCUT2D eigenvalue weighted by atomic mass is 10.0. The van der Waals surface area contributed by atoms with Crippen molar-refractivity contribution in [2.75, 3.05) is 0 Å². The molecule has 0 spiro atoms. The van der Waals surface area contributed by atoms with E-state index in [4.69, 9.17) is 11.1 Å². The Hall–Kier alpha value is 0.507. The number of hydrogen-bond acceptors (Lipinski definition) is 0. The molecular formula is C48H99ClSi. The van der Waals surface area contributed by atoms with Gasteiger partial charge in [-0.15, -0.1) is 0 Å². The van der Waals surface area contributed by atoms with Crippen molar-refractivity contribution in [1.82, 2.24) is 0 Å². The van der Waals surface area contributed by atoms with Crippen molar-refractivity contribution >= 4 is 18.5 Å². The molecule has 50 heavy (non-hydrogen) atoms. The number of halogens is 1. The molecule has 302 valence electrons. The van der Waals surface area contributed by atoms with Gasteiger partial charge in [0.05, 0.1) is 0 Å². The van der Waals surface area contributed by atoms with E-state index >= 15 is 0 Å². The lowest BCUT2D eigenvalue weighted by molar-refractivity contribution is 0.536. The van der Waals surface area contributed by atoms with Crippen molar-refractivity contribution < 1.29 is 0 Å². The minimum Gasteiger partial charge on any atom is -0.167 e. The predicted octanol–water partition coefficient (Wildman–Crippen LogP) is 19.6. The Morgan fingerprint density at radius 3 is 0.460 bits per heavy atom. The van der Waals surface area contributed by atoms with Crippen LogP contribution < -0.4 is 0 Å². The molecular weight excluding hydrogens is 640 g/mol. The Morgan fingerprint density at radius 1 is 0.200 bits per heavy atom. The second kappa shape index (κ2) is 43.9. The van der Waals surface area contributed by atoms with Crippen LogP contribution in [0, 0.1) is 0 Å². The topological polar surface area (TPSA) is 0 Å². The fourth-order valence-corrected chi connectivity index (χ4v) is 12.9. The van der Waals surface area contributed by atoms with E-state index in [-0.39, 0.29) is 0 Å². The molecule has 0 aromatic carbocycles. The smallest absolute Gasteiger partial charge is 0.156 e. The van der Waals surface area contributed by atoms with Gasteiger partial charge in [0.2, 0.25) is 0 Å². The molecule has 0 saturated carbocycles.